The van der Waals surface area contributed by atoms with Crippen molar-refractivity contribution in [2.24, 2.45) is 5.92 Å². The van der Waals surface area contributed by atoms with Crippen LogP contribution in [-0.2, 0) is 4.79 Å². The van der Waals surface area contributed by atoms with E-state index in [4.69, 9.17) is 9.47 Å². The molecular weight excluding hydrogens is 454 g/mol. The van der Waals surface area contributed by atoms with E-state index in [0.717, 1.165) is 27.9 Å². The average Bonchev–Trinajstić information content (AvgIpc) is 2.82. The first kappa shape index (κ1) is 23.7. The summed E-state index contributed by atoms with van der Waals surface area (Å²) >= 11 is 0. The molecule has 3 aromatic carbocycles. The minimum Gasteiger partial charge on any atom is -0.490 e. The van der Waals surface area contributed by atoms with Crippen LogP contribution in [0, 0.1) is 26.7 Å². The van der Waals surface area contributed by atoms with Crippen molar-refractivity contribution in [3.63, 3.8) is 0 Å². The molecule has 7 nitrogen and oxygen atoms in total. The van der Waals surface area contributed by atoms with Gasteiger partial charge in [0.1, 0.15) is 5.92 Å². The number of hydrogen-bond donors (Lipinski definition) is 2. The zero-order chi connectivity index (χ0) is 25.6. The van der Waals surface area contributed by atoms with Crippen LogP contribution in [0.5, 0.6) is 11.5 Å². The first-order valence-corrected chi connectivity index (χ1v) is 12.2. The summed E-state index contributed by atoms with van der Waals surface area (Å²) < 4.78 is 12.5. The number of fused-ring (bicyclic) bond motifs is 4. The summed E-state index contributed by atoms with van der Waals surface area (Å²) in [5.74, 6) is 0.140. The number of rotatable bonds is 5. The lowest BCUT2D eigenvalue weighted by Crippen LogP contribution is -2.72. The van der Waals surface area contributed by atoms with Crippen molar-refractivity contribution in [2.45, 2.75) is 46.4 Å². The van der Waals surface area contributed by atoms with Crippen molar-refractivity contribution in [3.05, 3.63) is 82.9 Å². The molecule has 1 fully saturated rings. The van der Waals surface area contributed by atoms with E-state index in [1.54, 1.807) is 4.90 Å². The monoisotopic (exact) mass is 485 g/mol. The highest BCUT2D eigenvalue weighted by atomic mass is 16.5. The number of anilines is 2. The van der Waals surface area contributed by atoms with Gasteiger partial charge in [-0.25, -0.2) is 4.79 Å². The lowest BCUT2D eigenvalue weighted by molar-refractivity contribution is -0.131. The van der Waals surface area contributed by atoms with Gasteiger partial charge in [0.05, 0.1) is 18.3 Å². The van der Waals surface area contributed by atoms with E-state index in [9.17, 15) is 9.59 Å². The van der Waals surface area contributed by atoms with Crippen LogP contribution in [-0.4, -0.2) is 24.3 Å². The molecule has 0 spiro atoms. The van der Waals surface area contributed by atoms with Gasteiger partial charge in [0.15, 0.2) is 11.5 Å². The third kappa shape index (κ3) is 3.75. The minimum atomic E-state index is -1.32. The van der Waals surface area contributed by atoms with Crippen LogP contribution in [0.15, 0.2) is 60.7 Å². The highest BCUT2D eigenvalue weighted by Gasteiger charge is 2.61. The van der Waals surface area contributed by atoms with Crippen LogP contribution in [0.4, 0.5) is 16.2 Å². The van der Waals surface area contributed by atoms with Crippen LogP contribution in [0.2, 0.25) is 0 Å². The third-order valence-corrected chi connectivity index (χ3v) is 7.07. The Morgan fingerprint density at radius 1 is 1.08 bits per heavy atom. The van der Waals surface area contributed by atoms with E-state index in [-0.39, 0.29) is 11.9 Å². The Labute approximate surface area is 211 Å². The molecule has 2 heterocycles. The summed E-state index contributed by atoms with van der Waals surface area (Å²) in [5.41, 5.74) is 3.79. The maximum absolute atomic E-state index is 14.0. The Bertz CT molecular complexity index is 1350. The lowest BCUT2D eigenvalue weighted by atomic mass is 9.78. The van der Waals surface area contributed by atoms with Crippen molar-refractivity contribution in [2.75, 3.05) is 16.8 Å². The fourth-order valence-corrected chi connectivity index (χ4v) is 5.38. The molecule has 7 heteroatoms. The summed E-state index contributed by atoms with van der Waals surface area (Å²) in [5, 5.41) is 6.21. The molecule has 3 aromatic rings. The number of amides is 3. The Morgan fingerprint density at radius 3 is 2.58 bits per heavy atom. The number of hydrogen-bond acceptors (Lipinski definition) is 4. The van der Waals surface area contributed by atoms with Gasteiger partial charge in [0, 0.05) is 11.3 Å². The predicted molar refractivity (Wildman–Crippen MR) is 140 cm³/mol. The number of carbonyl (C=O) groups is 2. The Balaban J connectivity index is 1.66. The van der Waals surface area contributed by atoms with Gasteiger partial charge in [-0.05, 0) is 63.9 Å². The number of nitrogens with zero attached hydrogens (tertiary/aromatic N) is 1. The molecule has 0 saturated carbocycles. The van der Waals surface area contributed by atoms with E-state index in [1.165, 1.54) is 0 Å². The molecular formula is C29H31N3O4. The molecule has 186 valence electrons. The number of para-hydroxylation sites is 2. The van der Waals surface area contributed by atoms with Crippen molar-refractivity contribution in [3.8, 4) is 11.5 Å². The largest absolute Gasteiger partial charge is 0.490 e. The third-order valence-electron chi connectivity index (χ3n) is 7.07. The molecule has 0 radical (unpaired) electrons. The molecule has 0 aromatic heterocycles. The maximum Gasteiger partial charge on any atom is 0.325 e. The number of urea groups is 1. The molecule has 2 N–H and O–H groups in total. The first-order valence-electron chi connectivity index (χ1n) is 12.2. The zero-order valence-electron chi connectivity index (χ0n) is 21.2. The molecule has 2 bridgehead atoms. The molecule has 0 unspecified atom stereocenters. The fourth-order valence-electron chi connectivity index (χ4n) is 5.38. The van der Waals surface area contributed by atoms with Gasteiger partial charge >= 0.3 is 6.03 Å². The summed E-state index contributed by atoms with van der Waals surface area (Å²) in [6.07, 6.45) is 0. The van der Waals surface area contributed by atoms with Crippen molar-refractivity contribution in [1.82, 2.24) is 5.32 Å². The SMILES string of the molecule is CCOc1cccc2c1O[C@@]1(C)[C@@H](C(=O)Nc3ccc(C)cc3C)[C@H]2NC(=O)N1c1ccccc1C. The van der Waals surface area contributed by atoms with E-state index >= 15 is 0 Å². The van der Waals surface area contributed by atoms with Gasteiger partial charge in [0.25, 0.3) is 0 Å². The van der Waals surface area contributed by atoms with Crippen molar-refractivity contribution < 1.29 is 19.1 Å². The summed E-state index contributed by atoms with van der Waals surface area (Å²) in [7, 11) is 0. The van der Waals surface area contributed by atoms with E-state index in [0.29, 0.717) is 23.8 Å². The molecule has 3 atom stereocenters. The van der Waals surface area contributed by atoms with Crippen LogP contribution in [0.25, 0.3) is 0 Å². The van der Waals surface area contributed by atoms with Gasteiger partial charge in [-0.15, -0.1) is 0 Å². The summed E-state index contributed by atoms with van der Waals surface area (Å²) in [4.78, 5) is 29.2. The molecule has 1 saturated heterocycles. The smallest absolute Gasteiger partial charge is 0.325 e. The van der Waals surface area contributed by atoms with Crippen LogP contribution in [0.1, 0.15) is 42.1 Å². The quantitative estimate of drug-likeness (QED) is 0.490. The highest BCUT2D eigenvalue weighted by molar-refractivity contribution is 6.02. The molecule has 2 aliphatic rings. The number of ether oxygens (including phenoxy) is 2. The first-order chi connectivity index (χ1) is 17.2. The maximum atomic E-state index is 14.0. The number of aryl methyl sites for hydroxylation is 3. The fraction of sp³-hybridized carbons (Fsp3) is 0.310. The summed E-state index contributed by atoms with van der Waals surface area (Å²) in [6.45, 7) is 10.1. The Hall–Kier alpha value is -4.00. The van der Waals surface area contributed by atoms with Crippen molar-refractivity contribution in [1.29, 1.82) is 0 Å². The lowest BCUT2D eigenvalue weighted by Gasteiger charge is -2.55. The Morgan fingerprint density at radius 2 is 1.86 bits per heavy atom. The van der Waals surface area contributed by atoms with Gasteiger partial charge in [-0.2, -0.15) is 0 Å². The second-order valence-electron chi connectivity index (χ2n) is 9.60. The minimum absolute atomic E-state index is 0.236. The van der Waals surface area contributed by atoms with Crippen LogP contribution >= 0.6 is 0 Å². The molecule has 3 amide bonds. The topological polar surface area (TPSA) is 79.9 Å². The van der Waals surface area contributed by atoms with Crippen LogP contribution < -0.4 is 25.0 Å². The number of benzene rings is 3. The molecule has 5 rings (SSSR count). The molecule has 2 aliphatic heterocycles. The second-order valence-corrected chi connectivity index (χ2v) is 9.60. The summed E-state index contributed by atoms with van der Waals surface area (Å²) in [6, 6.07) is 18.2. The molecule has 36 heavy (non-hydrogen) atoms. The molecule has 0 aliphatic carbocycles. The highest BCUT2D eigenvalue weighted by Crippen LogP contribution is 2.52. The Kier molecular flexibility index (Phi) is 5.86. The predicted octanol–water partition coefficient (Wildman–Crippen LogP) is 5.64. The van der Waals surface area contributed by atoms with E-state index < -0.39 is 17.7 Å². The van der Waals surface area contributed by atoms with Gasteiger partial charge in [-0.3, -0.25) is 9.69 Å². The normalized spacial score (nSPS) is 22.2. The number of nitrogens with one attached hydrogen (secondary N) is 2. The van der Waals surface area contributed by atoms with Crippen LogP contribution in [0.3, 0.4) is 0 Å². The van der Waals surface area contributed by atoms with E-state index in [1.807, 2.05) is 95.3 Å². The van der Waals surface area contributed by atoms with Gasteiger partial charge in [-0.1, -0.05) is 48.0 Å². The van der Waals surface area contributed by atoms with Gasteiger partial charge < -0.3 is 20.1 Å². The average molecular weight is 486 g/mol. The van der Waals surface area contributed by atoms with Gasteiger partial charge in [0.2, 0.25) is 11.6 Å². The second kappa shape index (κ2) is 8.90. The van der Waals surface area contributed by atoms with E-state index in [2.05, 4.69) is 10.6 Å². The standard InChI is InChI=1S/C29H31N3O4/c1-6-35-23-13-9-11-20-25-24(27(33)30-21-15-14-17(2)16-19(21)4)29(5,36-26(20)23)32(28(34)31-25)22-12-8-7-10-18(22)3/h7-16,24-25H,6H2,1-5H3,(H,30,33)(H,31,34)/t24-,25+,29+/m1/s1. The zero-order valence-corrected chi connectivity index (χ0v) is 21.2. The number of carbonyl (C=O) groups excluding carboxylic acids is 2. The van der Waals surface area contributed by atoms with Crippen molar-refractivity contribution >= 4 is 23.3 Å².